The number of rotatable bonds is 6. The Morgan fingerprint density at radius 1 is 1.38 bits per heavy atom. The van der Waals surface area contributed by atoms with E-state index < -0.39 is 5.82 Å². The molecule has 1 aromatic heterocycles. The fraction of sp³-hybridized carbons (Fsp3) is 0.318. The number of anilines is 1. The number of nitrogens with one attached hydrogen (secondary N) is 1. The van der Waals surface area contributed by atoms with Crippen molar-refractivity contribution in [3.8, 4) is 11.8 Å². The maximum atomic E-state index is 14.4. The predicted octanol–water partition coefficient (Wildman–Crippen LogP) is 1.42. The number of nitriles is 1. The quantitative estimate of drug-likeness (QED) is 0.307. The number of benzene rings is 1. The highest BCUT2D eigenvalue weighted by Crippen LogP contribution is 2.40. The number of hydrogen-bond donors (Lipinski definition) is 2. The van der Waals surface area contributed by atoms with E-state index in [2.05, 4.69) is 21.1 Å². The molecule has 1 aromatic carbocycles. The van der Waals surface area contributed by atoms with Gasteiger partial charge in [-0.3, -0.25) is 4.79 Å². The standard InChI is InChI=1S/C22H22FN7O2/c1-32-20-14(11-25)7-9-26-21(20)30-15-5-6-16(30)13-29(12-15)22(31)17-3-2-4-18(23)19(17)28-27-10-8-24/h2-4,7-10,15-16,24,28H,5-6,12-13H2,1H3/p+1/b24-8?,27-10-. The third-order valence-corrected chi connectivity index (χ3v) is 5.87. The fourth-order valence-electron chi connectivity index (χ4n) is 4.51. The number of aromatic nitrogens is 1. The zero-order valence-electron chi connectivity index (χ0n) is 17.5. The van der Waals surface area contributed by atoms with Gasteiger partial charge in [-0.05, 0) is 31.0 Å². The molecule has 2 aliphatic heterocycles. The van der Waals surface area contributed by atoms with Crippen molar-refractivity contribution in [2.24, 2.45) is 5.10 Å². The summed E-state index contributed by atoms with van der Waals surface area (Å²) in [5.41, 5.74) is 2.03. The topological polar surface area (TPSA) is 122 Å². The van der Waals surface area contributed by atoms with Gasteiger partial charge < -0.3 is 19.9 Å². The summed E-state index contributed by atoms with van der Waals surface area (Å²) in [5, 5.41) is 20.3. The maximum Gasteiger partial charge on any atom is 0.260 e. The van der Waals surface area contributed by atoms with Gasteiger partial charge in [0.2, 0.25) is 5.69 Å². The van der Waals surface area contributed by atoms with E-state index >= 15 is 0 Å². The van der Waals surface area contributed by atoms with Crippen LogP contribution in [0.25, 0.3) is 0 Å². The van der Waals surface area contributed by atoms with Gasteiger partial charge in [0.05, 0.1) is 12.7 Å². The van der Waals surface area contributed by atoms with Gasteiger partial charge in [0.15, 0.2) is 17.4 Å². The molecule has 10 heteroatoms. The van der Waals surface area contributed by atoms with Crippen molar-refractivity contribution in [3.05, 3.63) is 47.4 Å². The summed E-state index contributed by atoms with van der Waals surface area (Å²) in [6.45, 7) is 0.910. The van der Waals surface area contributed by atoms with Crippen LogP contribution in [0.2, 0.25) is 0 Å². The van der Waals surface area contributed by atoms with E-state index in [0.29, 0.717) is 30.2 Å². The lowest BCUT2D eigenvalue weighted by Gasteiger charge is -2.42. The number of likely N-dealkylation sites (tertiary alicyclic amines) is 1. The fourth-order valence-corrected chi connectivity index (χ4v) is 4.51. The number of nitrogens with zero attached hydrogens (tertiary/aromatic N) is 5. The molecule has 2 bridgehead atoms. The van der Waals surface area contributed by atoms with Crippen molar-refractivity contribution in [1.29, 1.82) is 10.7 Å². The summed E-state index contributed by atoms with van der Waals surface area (Å²) in [7, 11) is 1.52. The highest BCUT2D eigenvalue weighted by Gasteiger charge is 2.44. The summed E-state index contributed by atoms with van der Waals surface area (Å²) >= 11 is 0. The zero-order chi connectivity index (χ0) is 22.7. The number of nitrogens with two attached hydrogens (primary N) is 1. The molecule has 0 saturated carbocycles. The van der Waals surface area contributed by atoms with Gasteiger partial charge in [0, 0.05) is 37.6 Å². The van der Waals surface area contributed by atoms with Crippen molar-refractivity contribution in [2.75, 3.05) is 25.1 Å². The Labute approximate surface area is 184 Å². The number of fused-ring (bicyclic) bond motifs is 2. The van der Waals surface area contributed by atoms with Gasteiger partial charge >= 0.3 is 0 Å². The molecule has 3 heterocycles. The average Bonchev–Trinajstić information content (AvgIpc) is 3.07. The van der Waals surface area contributed by atoms with Crippen molar-refractivity contribution < 1.29 is 19.3 Å². The molecule has 2 saturated heterocycles. The minimum absolute atomic E-state index is 0.0185. The van der Waals surface area contributed by atoms with Gasteiger partial charge in [0.25, 0.3) is 5.91 Å². The Bertz CT molecular complexity index is 1100. The summed E-state index contributed by atoms with van der Waals surface area (Å²) in [5.74, 6) is 0.259. The SMILES string of the molecule is COc1c(C#N)ccnc1N1C2CCC1CN(C(=O)c1cccc(F)c1[NH2+]/N=C\C=N)C2. The van der Waals surface area contributed by atoms with Crippen LogP contribution in [0.1, 0.15) is 28.8 Å². The number of pyridine rings is 1. The Morgan fingerprint density at radius 2 is 2.12 bits per heavy atom. The van der Waals surface area contributed by atoms with E-state index in [-0.39, 0.29) is 29.2 Å². The van der Waals surface area contributed by atoms with Crippen LogP contribution >= 0.6 is 0 Å². The van der Waals surface area contributed by atoms with E-state index in [9.17, 15) is 14.4 Å². The molecule has 0 radical (unpaired) electrons. The molecule has 2 aromatic rings. The number of methoxy groups -OCH3 is 1. The van der Waals surface area contributed by atoms with Crippen LogP contribution in [0, 0.1) is 22.6 Å². The Morgan fingerprint density at radius 3 is 2.78 bits per heavy atom. The monoisotopic (exact) mass is 436 g/mol. The lowest BCUT2D eigenvalue weighted by atomic mass is 10.1. The van der Waals surface area contributed by atoms with Crippen molar-refractivity contribution in [1.82, 2.24) is 9.88 Å². The molecule has 1 amide bonds. The first kappa shape index (κ1) is 21.4. The van der Waals surface area contributed by atoms with Gasteiger partial charge in [-0.2, -0.15) is 10.7 Å². The highest BCUT2D eigenvalue weighted by atomic mass is 19.1. The van der Waals surface area contributed by atoms with Crippen LogP contribution in [-0.2, 0) is 0 Å². The van der Waals surface area contributed by atoms with E-state index in [1.54, 1.807) is 23.2 Å². The number of ether oxygens (including phenoxy) is 1. The number of carbonyl (C=O) groups excluding carboxylic acids is 1. The van der Waals surface area contributed by atoms with Crippen LogP contribution < -0.4 is 15.1 Å². The highest BCUT2D eigenvalue weighted by molar-refractivity contribution is 6.14. The second-order valence-electron chi connectivity index (χ2n) is 7.62. The molecule has 164 valence electrons. The van der Waals surface area contributed by atoms with E-state index in [0.717, 1.165) is 19.1 Å². The van der Waals surface area contributed by atoms with Crippen LogP contribution in [0.5, 0.6) is 5.75 Å². The molecule has 0 aliphatic carbocycles. The Hall–Kier alpha value is -3.84. The molecule has 3 N–H and O–H groups in total. The van der Waals surface area contributed by atoms with Crippen LogP contribution in [0.4, 0.5) is 15.9 Å². The first-order valence-electron chi connectivity index (χ1n) is 10.2. The molecule has 2 aliphatic rings. The van der Waals surface area contributed by atoms with Gasteiger partial charge in [-0.25, -0.2) is 9.37 Å². The molecule has 2 atom stereocenters. The van der Waals surface area contributed by atoms with Crippen molar-refractivity contribution >= 4 is 29.8 Å². The van der Waals surface area contributed by atoms with E-state index in [1.807, 2.05) is 0 Å². The molecular weight excluding hydrogens is 413 g/mol. The van der Waals surface area contributed by atoms with Gasteiger partial charge in [-0.1, -0.05) is 11.2 Å². The first-order chi connectivity index (χ1) is 15.6. The molecule has 2 unspecified atom stereocenters. The number of piperazine rings is 1. The van der Waals surface area contributed by atoms with Crippen LogP contribution in [-0.4, -0.2) is 60.5 Å². The number of carbonyl (C=O) groups is 1. The molecular formula is C22H23FN7O2+. The van der Waals surface area contributed by atoms with Crippen LogP contribution in [0.3, 0.4) is 0 Å². The third-order valence-electron chi connectivity index (χ3n) is 5.87. The molecule has 32 heavy (non-hydrogen) atoms. The number of hydrogen-bond acceptors (Lipinski definition) is 7. The second-order valence-corrected chi connectivity index (χ2v) is 7.62. The van der Waals surface area contributed by atoms with E-state index in [4.69, 9.17) is 10.1 Å². The first-order valence-corrected chi connectivity index (χ1v) is 10.2. The minimum atomic E-state index is -0.540. The number of quaternary nitrogens is 1. The van der Waals surface area contributed by atoms with Crippen molar-refractivity contribution in [2.45, 2.75) is 24.9 Å². The zero-order valence-corrected chi connectivity index (χ0v) is 17.5. The predicted molar refractivity (Wildman–Crippen MR) is 116 cm³/mol. The molecule has 0 spiro atoms. The lowest BCUT2D eigenvalue weighted by molar-refractivity contribution is -0.578. The lowest BCUT2D eigenvalue weighted by Crippen LogP contribution is -2.72. The second kappa shape index (κ2) is 9.11. The van der Waals surface area contributed by atoms with Gasteiger partial charge in [-0.15, -0.1) is 0 Å². The summed E-state index contributed by atoms with van der Waals surface area (Å²) in [6.07, 6.45) is 5.55. The van der Waals surface area contributed by atoms with Gasteiger partial charge in [0.1, 0.15) is 17.8 Å². The third kappa shape index (κ3) is 3.78. The number of halogens is 1. The van der Waals surface area contributed by atoms with E-state index in [1.165, 1.54) is 30.9 Å². The Balaban J connectivity index is 1.60. The summed E-state index contributed by atoms with van der Waals surface area (Å²) in [4.78, 5) is 21.7. The number of amides is 1. The summed E-state index contributed by atoms with van der Waals surface area (Å²) in [6, 6.07) is 8.17. The molecule has 2 fully saturated rings. The average molecular weight is 436 g/mol. The van der Waals surface area contributed by atoms with Crippen molar-refractivity contribution in [3.63, 3.8) is 0 Å². The maximum absolute atomic E-state index is 14.4. The normalized spacial score (nSPS) is 19.8. The smallest absolute Gasteiger partial charge is 0.260 e. The Kier molecular flexibility index (Phi) is 6.09. The summed E-state index contributed by atoms with van der Waals surface area (Å²) < 4.78 is 19.9. The molecule has 4 rings (SSSR count). The molecule has 9 nitrogen and oxygen atoms in total. The minimum Gasteiger partial charge on any atom is -0.492 e. The largest absolute Gasteiger partial charge is 0.492 e. The van der Waals surface area contributed by atoms with Crippen LogP contribution in [0.15, 0.2) is 35.6 Å².